The van der Waals surface area contributed by atoms with E-state index in [2.05, 4.69) is 10.6 Å². The number of rotatable bonds is 5. The third kappa shape index (κ3) is 2.73. The molecule has 1 aromatic carbocycles. The molecule has 0 spiro atoms. The van der Waals surface area contributed by atoms with Gasteiger partial charge in [0, 0.05) is 31.1 Å². The lowest BCUT2D eigenvalue weighted by Crippen LogP contribution is -2.48. The standard InChI is InChI=1S/C13H18N2O3/c1-17-11-4-3-10(5-12(11)18-2)13(16)15-8-9-6-14-7-9/h3-5,9,14H,6-8H2,1-2H3,(H,15,16). The SMILES string of the molecule is COc1ccc(C(=O)NCC2CNC2)cc1OC. The Kier molecular flexibility index (Phi) is 4.04. The van der Waals surface area contributed by atoms with E-state index in [1.54, 1.807) is 32.4 Å². The number of benzene rings is 1. The van der Waals surface area contributed by atoms with Gasteiger partial charge in [-0.1, -0.05) is 0 Å². The molecular weight excluding hydrogens is 232 g/mol. The summed E-state index contributed by atoms with van der Waals surface area (Å²) in [7, 11) is 3.13. The molecule has 0 unspecified atom stereocenters. The molecule has 5 heteroatoms. The Morgan fingerprint density at radius 3 is 2.61 bits per heavy atom. The summed E-state index contributed by atoms with van der Waals surface area (Å²) in [5, 5.41) is 6.08. The topological polar surface area (TPSA) is 59.6 Å². The van der Waals surface area contributed by atoms with Gasteiger partial charge in [-0.05, 0) is 18.2 Å². The first-order valence-corrected chi connectivity index (χ1v) is 5.95. The Morgan fingerprint density at radius 1 is 1.33 bits per heavy atom. The van der Waals surface area contributed by atoms with Crippen molar-refractivity contribution in [2.24, 2.45) is 5.92 Å². The minimum absolute atomic E-state index is 0.0807. The van der Waals surface area contributed by atoms with Gasteiger partial charge in [0.1, 0.15) is 0 Å². The van der Waals surface area contributed by atoms with Gasteiger partial charge in [-0.3, -0.25) is 4.79 Å². The quantitative estimate of drug-likeness (QED) is 0.805. The molecule has 1 amide bonds. The first-order chi connectivity index (χ1) is 8.74. The number of carbonyl (C=O) groups is 1. The molecular formula is C13H18N2O3. The number of amides is 1. The molecule has 0 aromatic heterocycles. The molecule has 1 heterocycles. The first kappa shape index (κ1) is 12.7. The van der Waals surface area contributed by atoms with Crippen molar-refractivity contribution in [1.82, 2.24) is 10.6 Å². The second-order valence-electron chi connectivity index (χ2n) is 4.30. The number of hydrogen-bond acceptors (Lipinski definition) is 4. The van der Waals surface area contributed by atoms with Gasteiger partial charge < -0.3 is 20.1 Å². The minimum Gasteiger partial charge on any atom is -0.493 e. The first-order valence-electron chi connectivity index (χ1n) is 5.95. The summed E-state index contributed by atoms with van der Waals surface area (Å²) in [6, 6.07) is 5.15. The van der Waals surface area contributed by atoms with Gasteiger partial charge in [-0.15, -0.1) is 0 Å². The van der Waals surface area contributed by atoms with Crippen molar-refractivity contribution in [2.45, 2.75) is 0 Å². The minimum atomic E-state index is -0.0807. The predicted molar refractivity (Wildman–Crippen MR) is 68.2 cm³/mol. The van der Waals surface area contributed by atoms with Crippen molar-refractivity contribution >= 4 is 5.91 Å². The number of ether oxygens (including phenoxy) is 2. The Balaban J connectivity index is 2.00. The van der Waals surface area contributed by atoms with Crippen molar-refractivity contribution in [2.75, 3.05) is 33.9 Å². The largest absolute Gasteiger partial charge is 0.493 e. The average molecular weight is 250 g/mol. The molecule has 1 fully saturated rings. The van der Waals surface area contributed by atoms with Gasteiger partial charge in [-0.25, -0.2) is 0 Å². The second-order valence-corrected chi connectivity index (χ2v) is 4.30. The van der Waals surface area contributed by atoms with E-state index in [1.807, 2.05) is 0 Å². The lowest BCUT2D eigenvalue weighted by molar-refractivity contribution is 0.0942. The highest BCUT2D eigenvalue weighted by molar-refractivity contribution is 5.94. The van der Waals surface area contributed by atoms with Gasteiger partial charge in [0.2, 0.25) is 0 Å². The van der Waals surface area contributed by atoms with Crippen LogP contribution in [0.3, 0.4) is 0 Å². The van der Waals surface area contributed by atoms with Crippen LogP contribution in [0, 0.1) is 5.92 Å². The third-order valence-corrected chi connectivity index (χ3v) is 3.06. The van der Waals surface area contributed by atoms with E-state index in [1.165, 1.54) is 0 Å². The molecule has 1 aliphatic rings. The van der Waals surface area contributed by atoms with Crippen LogP contribution in [-0.4, -0.2) is 39.8 Å². The highest BCUT2D eigenvalue weighted by atomic mass is 16.5. The van der Waals surface area contributed by atoms with Crippen LogP contribution in [0.4, 0.5) is 0 Å². The van der Waals surface area contributed by atoms with Crippen LogP contribution in [0.15, 0.2) is 18.2 Å². The molecule has 0 atom stereocenters. The molecule has 0 aliphatic carbocycles. The third-order valence-electron chi connectivity index (χ3n) is 3.06. The molecule has 2 rings (SSSR count). The zero-order chi connectivity index (χ0) is 13.0. The van der Waals surface area contributed by atoms with Crippen LogP contribution in [0.2, 0.25) is 0 Å². The van der Waals surface area contributed by atoms with Gasteiger partial charge in [0.15, 0.2) is 11.5 Å². The summed E-state index contributed by atoms with van der Waals surface area (Å²) >= 11 is 0. The number of hydrogen-bond donors (Lipinski definition) is 2. The van der Waals surface area contributed by atoms with Gasteiger partial charge in [0.05, 0.1) is 14.2 Å². The smallest absolute Gasteiger partial charge is 0.251 e. The van der Waals surface area contributed by atoms with E-state index >= 15 is 0 Å². The van der Waals surface area contributed by atoms with E-state index < -0.39 is 0 Å². The summed E-state index contributed by atoms with van der Waals surface area (Å²) in [4.78, 5) is 11.9. The molecule has 0 bridgehead atoms. The Labute approximate surface area is 106 Å². The maximum Gasteiger partial charge on any atom is 0.251 e. The lowest BCUT2D eigenvalue weighted by Gasteiger charge is -2.27. The fourth-order valence-corrected chi connectivity index (χ4v) is 1.81. The van der Waals surface area contributed by atoms with Crippen molar-refractivity contribution in [1.29, 1.82) is 0 Å². The average Bonchev–Trinajstić information content (AvgIpc) is 2.35. The molecule has 0 saturated carbocycles. The van der Waals surface area contributed by atoms with E-state index in [9.17, 15) is 4.79 Å². The molecule has 1 aromatic rings. The maximum absolute atomic E-state index is 11.9. The molecule has 18 heavy (non-hydrogen) atoms. The summed E-state index contributed by atoms with van der Waals surface area (Å²) in [5.41, 5.74) is 0.583. The molecule has 1 saturated heterocycles. The van der Waals surface area contributed by atoms with Crippen LogP contribution in [0.1, 0.15) is 10.4 Å². The van der Waals surface area contributed by atoms with Crippen molar-refractivity contribution in [3.63, 3.8) is 0 Å². The summed E-state index contributed by atoms with van der Waals surface area (Å²) in [5.74, 6) is 1.66. The molecule has 1 aliphatic heterocycles. The van der Waals surface area contributed by atoms with Crippen LogP contribution < -0.4 is 20.1 Å². The van der Waals surface area contributed by atoms with Crippen molar-refractivity contribution < 1.29 is 14.3 Å². The highest BCUT2D eigenvalue weighted by Gasteiger charge is 2.18. The zero-order valence-electron chi connectivity index (χ0n) is 10.7. The Morgan fingerprint density at radius 2 is 2.06 bits per heavy atom. The van der Waals surface area contributed by atoms with Gasteiger partial charge in [0.25, 0.3) is 5.91 Å². The summed E-state index contributed by atoms with van der Waals surface area (Å²) in [6.07, 6.45) is 0. The number of methoxy groups -OCH3 is 2. The van der Waals surface area contributed by atoms with Crippen LogP contribution >= 0.6 is 0 Å². The van der Waals surface area contributed by atoms with Gasteiger partial charge >= 0.3 is 0 Å². The monoisotopic (exact) mass is 250 g/mol. The fraction of sp³-hybridized carbons (Fsp3) is 0.462. The molecule has 5 nitrogen and oxygen atoms in total. The fourth-order valence-electron chi connectivity index (χ4n) is 1.81. The summed E-state index contributed by atoms with van der Waals surface area (Å²) in [6.45, 7) is 2.67. The second kappa shape index (κ2) is 5.73. The zero-order valence-corrected chi connectivity index (χ0v) is 10.7. The van der Waals surface area contributed by atoms with E-state index in [-0.39, 0.29) is 5.91 Å². The number of carbonyl (C=O) groups excluding carboxylic acids is 1. The van der Waals surface area contributed by atoms with Crippen LogP contribution in [0.5, 0.6) is 11.5 Å². The van der Waals surface area contributed by atoms with E-state index in [4.69, 9.17) is 9.47 Å². The molecule has 2 N–H and O–H groups in total. The Bertz CT molecular complexity index is 430. The molecule has 98 valence electrons. The highest BCUT2D eigenvalue weighted by Crippen LogP contribution is 2.27. The van der Waals surface area contributed by atoms with Crippen LogP contribution in [0.25, 0.3) is 0 Å². The van der Waals surface area contributed by atoms with Crippen molar-refractivity contribution in [3.8, 4) is 11.5 Å². The van der Waals surface area contributed by atoms with Crippen molar-refractivity contribution in [3.05, 3.63) is 23.8 Å². The lowest BCUT2D eigenvalue weighted by atomic mass is 10.0. The van der Waals surface area contributed by atoms with E-state index in [0.29, 0.717) is 29.5 Å². The summed E-state index contributed by atoms with van der Waals surface area (Å²) < 4.78 is 10.3. The van der Waals surface area contributed by atoms with Gasteiger partial charge in [-0.2, -0.15) is 0 Å². The van der Waals surface area contributed by atoms with Crippen LogP contribution in [-0.2, 0) is 0 Å². The molecule has 0 radical (unpaired) electrons. The normalized spacial score (nSPS) is 14.8. The Hall–Kier alpha value is -1.75. The predicted octanol–water partition coefficient (Wildman–Crippen LogP) is 0.653. The maximum atomic E-state index is 11.9. The van der Waals surface area contributed by atoms with E-state index in [0.717, 1.165) is 13.1 Å². The number of nitrogens with one attached hydrogen (secondary N) is 2.